The smallest absolute Gasteiger partial charge is 0.355 e. The molecule has 0 radical (unpaired) electrons. The molecule has 2 fully saturated rings. The summed E-state index contributed by atoms with van der Waals surface area (Å²) in [7, 11) is 0. The SMILES string of the molecule is CCN1CCN(N(C=O)C(C(=O)N[C@@H]2C(=O)N3C(C(=O)OC(C)(C)C)=C(COC(C)=O)CSC23NC=O)c2ccc(OC(C)=O)c(OC(C)=O)c2)C(=O)C1=O. The molecule has 3 aliphatic heterocycles. The zero-order valence-corrected chi connectivity index (χ0v) is 31.8. The van der Waals surface area contributed by atoms with E-state index in [4.69, 9.17) is 18.9 Å². The summed E-state index contributed by atoms with van der Waals surface area (Å²) in [6.07, 6.45) is 0.345. The molecule has 20 nitrogen and oxygen atoms in total. The molecule has 0 aliphatic carbocycles. The molecule has 2 N–H and O–H groups in total. The molecule has 21 heteroatoms. The maximum Gasteiger partial charge on any atom is 0.355 e. The molecule has 6 amide bonds. The minimum absolute atomic E-state index is 0.0155. The average molecular weight is 789 g/mol. The van der Waals surface area contributed by atoms with E-state index < -0.39 is 76.8 Å². The lowest BCUT2D eigenvalue weighted by Gasteiger charge is -2.58. The summed E-state index contributed by atoms with van der Waals surface area (Å²) in [5, 5.41) is 6.38. The summed E-state index contributed by atoms with van der Waals surface area (Å²) in [5.74, 6) is -8.21. The summed E-state index contributed by atoms with van der Waals surface area (Å²) in [5.41, 5.74) is -1.37. The highest BCUT2D eigenvalue weighted by Gasteiger charge is 2.66. The number of benzene rings is 1. The lowest BCUT2D eigenvalue weighted by Crippen LogP contribution is -2.83. The van der Waals surface area contributed by atoms with Crippen LogP contribution in [-0.2, 0) is 57.4 Å². The van der Waals surface area contributed by atoms with Crippen LogP contribution in [0.25, 0.3) is 0 Å². The lowest BCUT2D eigenvalue weighted by molar-refractivity contribution is -0.178. The normalized spacial score (nSPS) is 20.0. The van der Waals surface area contributed by atoms with Crippen LogP contribution < -0.4 is 20.1 Å². The molecule has 0 bridgehead atoms. The first-order valence-corrected chi connectivity index (χ1v) is 17.7. The van der Waals surface area contributed by atoms with E-state index in [0.717, 1.165) is 54.6 Å². The van der Waals surface area contributed by atoms with Crippen molar-refractivity contribution >= 4 is 72.1 Å². The molecule has 2 saturated heterocycles. The third kappa shape index (κ3) is 8.71. The first-order valence-electron chi connectivity index (χ1n) is 16.7. The summed E-state index contributed by atoms with van der Waals surface area (Å²) in [6, 6.07) is -0.0577. The van der Waals surface area contributed by atoms with E-state index in [1.807, 2.05) is 0 Å². The number of likely N-dealkylation sites (N-methyl/N-ethyl adjacent to an activating group) is 1. The van der Waals surface area contributed by atoms with Gasteiger partial charge in [0.05, 0.1) is 6.54 Å². The molecule has 0 aromatic heterocycles. The van der Waals surface area contributed by atoms with Crippen molar-refractivity contribution in [2.75, 3.05) is 32.0 Å². The van der Waals surface area contributed by atoms with Crippen LogP contribution in [0.5, 0.6) is 11.5 Å². The van der Waals surface area contributed by atoms with Crippen LogP contribution in [0.15, 0.2) is 29.5 Å². The number of β-lactam (4-membered cyclic amide) rings is 1. The Labute approximate surface area is 318 Å². The van der Waals surface area contributed by atoms with Crippen molar-refractivity contribution in [1.82, 2.24) is 30.5 Å². The van der Waals surface area contributed by atoms with Crippen LogP contribution in [-0.4, -0.2) is 129 Å². The van der Waals surface area contributed by atoms with Gasteiger partial charge in [-0.3, -0.25) is 48.1 Å². The number of nitrogens with one attached hydrogen (secondary N) is 2. The van der Waals surface area contributed by atoms with Crippen LogP contribution in [0.3, 0.4) is 0 Å². The number of fused-ring (bicyclic) bond motifs is 1. The number of hydrogen-bond donors (Lipinski definition) is 2. The van der Waals surface area contributed by atoms with Crippen LogP contribution in [0.2, 0.25) is 0 Å². The Balaban J connectivity index is 1.82. The number of thioether (sulfide) groups is 1. The Morgan fingerprint density at radius 1 is 0.982 bits per heavy atom. The minimum atomic E-state index is -1.88. The van der Waals surface area contributed by atoms with Crippen molar-refractivity contribution in [2.24, 2.45) is 0 Å². The van der Waals surface area contributed by atoms with Crippen LogP contribution >= 0.6 is 11.8 Å². The van der Waals surface area contributed by atoms with Crippen molar-refractivity contribution in [1.29, 1.82) is 0 Å². The number of piperazine rings is 1. The van der Waals surface area contributed by atoms with E-state index in [2.05, 4.69) is 10.6 Å². The standard InChI is InChI=1S/C34H40N6O14S/c1-8-37-11-12-38(31(49)30(37)48)39(17-42)25(21-9-10-23(52-19(3)44)24(13-21)53-20(4)45)28(46)36-27-29(47)40-26(32(50)54-33(5,6)7)22(14-51-18(2)43)15-55-34(27,40)35-16-41/h9-10,13,16-17,25,27H,8,11-12,14-15H2,1-7H3,(H,35,41)(H,36,46)/t25?,27-,34?/m1/s1. The first-order chi connectivity index (χ1) is 25.8. The minimum Gasteiger partial charge on any atom is -0.461 e. The Morgan fingerprint density at radius 3 is 2.20 bits per heavy atom. The molecule has 4 rings (SSSR count). The van der Waals surface area contributed by atoms with Gasteiger partial charge < -0.3 is 34.5 Å². The van der Waals surface area contributed by atoms with Crippen molar-refractivity contribution in [3.63, 3.8) is 0 Å². The van der Waals surface area contributed by atoms with E-state index in [1.165, 1.54) is 11.0 Å². The fraction of sp³-hybridized carbons (Fsp3) is 0.471. The maximum absolute atomic E-state index is 14.5. The highest BCUT2D eigenvalue weighted by Crippen LogP contribution is 2.48. The number of esters is 4. The number of rotatable bonds is 14. The van der Waals surface area contributed by atoms with Crippen molar-refractivity contribution < 1.29 is 66.9 Å². The van der Waals surface area contributed by atoms with Gasteiger partial charge in [0.25, 0.3) is 5.91 Å². The van der Waals surface area contributed by atoms with Crippen LogP contribution in [0.1, 0.15) is 60.1 Å². The molecule has 3 atom stereocenters. The second-order valence-electron chi connectivity index (χ2n) is 13.2. The number of carbonyl (C=O) groups is 10. The topological polar surface area (TPSA) is 245 Å². The second-order valence-corrected chi connectivity index (χ2v) is 14.4. The monoisotopic (exact) mass is 788 g/mol. The van der Waals surface area contributed by atoms with Gasteiger partial charge in [-0.1, -0.05) is 6.07 Å². The molecule has 0 spiro atoms. The third-order valence-electron chi connectivity index (χ3n) is 8.17. The average Bonchev–Trinajstić information content (AvgIpc) is 3.09. The van der Waals surface area contributed by atoms with E-state index in [1.54, 1.807) is 27.7 Å². The van der Waals surface area contributed by atoms with Gasteiger partial charge in [-0.05, 0) is 45.4 Å². The van der Waals surface area contributed by atoms with Gasteiger partial charge in [0, 0.05) is 45.2 Å². The summed E-state index contributed by atoms with van der Waals surface area (Å²) < 4.78 is 21.0. The second kappa shape index (κ2) is 16.6. The highest BCUT2D eigenvalue weighted by atomic mass is 32.2. The number of nitrogens with zero attached hydrogens (tertiary/aromatic N) is 4. The van der Waals surface area contributed by atoms with Crippen molar-refractivity contribution in [3.8, 4) is 11.5 Å². The molecule has 3 heterocycles. The predicted octanol–water partition coefficient (Wildman–Crippen LogP) is -0.725. The summed E-state index contributed by atoms with van der Waals surface area (Å²) in [4.78, 5) is 129. The van der Waals surface area contributed by atoms with Gasteiger partial charge in [-0.15, -0.1) is 11.8 Å². The van der Waals surface area contributed by atoms with E-state index in [0.29, 0.717) is 5.01 Å². The van der Waals surface area contributed by atoms with Gasteiger partial charge in [-0.25, -0.2) is 14.8 Å². The quantitative estimate of drug-likeness (QED) is 0.0777. The molecular weight excluding hydrogens is 748 g/mol. The third-order valence-corrected chi connectivity index (χ3v) is 9.64. The van der Waals surface area contributed by atoms with Gasteiger partial charge in [0.2, 0.25) is 18.7 Å². The van der Waals surface area contributed by atoms with Crippen molar-refractivity contribution in [2.45, 2.75) is 71.1 Å². The fourth-order valence-electron chi connectivity index (χ4n) is 5.92. The van der Waals surface area contributed by atoms with Gasteiger partial charge in [0.1, 0.15) is 17.9 Å². The molecular formula is C34H40N6O14S. The molecule has 296 valence electrons. The van der Waals surface area contributed by atoms with E-state index >= 15 is 0 Å². The van der Waals surface area contributed by atoms with Crippen LogP contribution in [0, 0.1) is 0 Å². The fourth-order valence-corrected chi connectivity index (χ4v) is 7.31. The molecule has 55 heavy (non-hydrogen) atoms. The number of carbonyl (C=O) groups excluding carboxylic acids is 10. The Hall–Kier alpha value is -5.99. The van der Waals surface area contributed by atoms with Crippen molar-refractivity contribution in [3.05, 3.63) is 35.0 Å². The molecule has 1 aromatic carbocycles. The molecule has 1 aromatic rings. The number of ether oxygens (including phenoxy) is 4. The molecule has 3 aliphatic rings. The summed E-state index contributed by atoms with van der Waals surface area (Å²) in [6.45, 7) is 9.19. The largest absolute Gasteiger partial charge is 0.461 e. The molecule has 2 unspecified atom stereocenters. The zero-order valence-electron chi connectivity index (χ0n) is 31.0. The Kier molecular flexibility index (Phi) is 12.6. The van der Waals surface area contributed by atoms with E-state index in [-0.39, 0.29) is 66.5 Å². The number of amides is 6. The lowest BCUT2D eigenvalue weighted by atomic mass is 9.96. The molecule has 0 saturated carbocycles. The van der Waals surface area contributed by atoms with Gasteiger partial charge >= 0.3 is 35.7 Å². The summed E-state index contributed by atoms with van der Waals surface area (Å²) >= 11 is 0.895. The Bertz CT molecular complexity index is 1860. The highest BCUT2D eigenvalue weighted by molar-refractivity contribution is 8.01. The number of hydrazine groups is 1. The van der Waals surface area contributed by atoms with Gasteiger partial charge in [-0.2, -0.15) is 0 Å². The van der Waals surface area contributed by atoms with Gasteiger partial charge in [0.15, 0.2) is 28.6 Å². The number of hydrogen-bond acceptors (Lipinski definition) is 15. The predicted molar refractivity (Wildman–Crippen MR) is 186 cm³/mol. The first kappa shape index (κ1) is 41.8. The maximum atomic E-state index is 14.5. The van der Waals surface area contributed by atoms with E-state index in [9.17, 15) is 47.9 Å². The Morgan fingerprint density at radius 2 is 1.64 bits per heavy atom. The van der Waals surface area contributed by atoms with Crippen LogP contribution in [0.4, 0.5) is 0 Å². The zero-order chi connectivity index (χ0) is 41.0.